The number of hydrogen-bond acceptors (Lipinski definition) is 4. The molecular weight excluding hydrogens is 244 g/mol. The molecule has 90 valence electrons. The van der Waals surface area contributed by atoms with Crippen molar-refractivity contribution in [2.75, 3.05) is 14.2 Å². The number of hydrogen-bond donors (Lipinski definition) is 0. The van der Waals surface area contributed by atoms with Crippen molar-refractivity contribution in [3.63, 3.8) is 0 Å². The van der Waals surface area contributed by atoms with Crippen molar-refractivity contribution in [3.8, 4) is 0 Å². The third-order valence-electron chi connectivity index (χ3n) is 2.01. The topological polar surface area (TPSA) is 52.6 Å². The predicted molar refractivity (Wildman–Crippen MR) is 63.8 cm³/mol. The molecule has 0 unspecified atom stereocenters. The molecule has 0 saturated carbocycles. The van der Waals surface area contributed by atoms with Crippen LogP contribution in [0.15, 0.2) is 24.3 Å². The molecule has 0 bridgehead atoms. The molecule has 1 aromatic rings. The summed E-state index contributed by atoms with van der Waals surface area (Å²) in [5.74, 6) is -0.997. The predicted octanol–water partition coefficient (Wildman–Crippen LogP) is 2.31. The second kappa shape index (κ2) is 6.06. The quantitative estimate of drug-likeness (QED) is 0.614. The van der Waals surface area contributed by atoms with Crippen molar-refractivity contribution in [2.24, 2.45) is 0 Å². The normalized spacial score (nSPS) is 10.3. The molecule has 4 nitrogen and oxygen atoms in total. The fourth-order valence-electron chi connectivity index (χ4n) is 1.15. The van der Waals surface area contributed by atoms with Crippen LogP contribution >= 0.6 is 11.6 Å². The molecule has 0 amide bonds. The summed E-state index contributed by atoms with van der Waals surface area (Å²) in [6.07, 6.45) is 2.78. The van der Waals surface area contributed by atoms with Gasteiger partial charge in [-0.05, 0) is 23.8 Å². The summed E-state index contributed by atoms with van der Waals surface area (Å²) in [5.41, 5.74) is 0.904. The highest BCUT2D eigenvalue weighted by Crippen LogP contribution is 2.19. The van der Waals surface area contributed by atoms with Gasteiger partial charge in [0, 0.05) is 6.08 Å². The summed E-state index contributed by atoms with van der Waals surface area (Å²) in [7, 11) is 2.56. The third-order valence-corrected chi connectivity index (χ3v) is 2.34. The van der Waals surface area contributed by atoms with Crippen molar-refractivity contribution in [2.45, 2.75) is 0 Å². The zero-order valence-electron chi connectivity index (χ0n) is 9.40. The van der Waals surface area contributed by atoms with Crippen LogP contribution in [-0.4, -0.2) is 26.2 Å². The summed E-state index contributed by atoms with van der Waals surface area (Å²) >= 11 is 5.84. The summed E-state index contributed by atoms with van der Waals surface area (Å²) < 4.78 is 9.03. The average Bonchev–Trinajstić information content (AvgIpc) is 2.36. The Hall–Kier alpha value is -1.81. The fraction of sp³-hybridized carbons (Fsp3) is 0.167. The van der Waals surface area contributed by atoms with Crippen molar-refractivity contribution in [1.82, 2.24) is 0 Å². The van der Waals surface area contributed by atoms with Crippen LogP contribution < -0.4 is 0 Å². The molecule has 5 heteroatoms. The number of benzene rings is 1. The van der Waals surface area contributed by atoms with Gasteiger partial charge in [0.1, 0.15) is 0 Å². The van der Waals surface area contributed by atoms with Gasteiger partial charge in [-0.1, -0.05) is 17.7 Å². The summed E-state index contributed by atoms with van der Waals surface area (Å²) in [6, 6.07) is 4.77. The van der Waals surface area contributed by atoms with E-state index in [2.05, 4.69) is 9.47 Å². The van der Waals surface area contributed by atoms with Gasteiger partial charge in [0.2, 0.25) is 0 Å². The number of carbonyl (C=O) groups excluding carboxylic acids is 2. The van der Waals surface area contributed by atoms with Gasteiger partial charge in [0.15, 0.2) is 0 Å². The van der Waals surface area contributed by atoms with E-state index in [4.69, 9.17) is 11.6 Å². The highest BCUT2D eigenvalue weighted by molar-refractivity contribution is 6.33. The Balaban J connectivity index is 3.00. The van der Waals surface area contributed by atoms with Crippen molar-refractivity contribution in [1.29, 1.82) is 0 Å². The van der Waals surface area contributed by atoms with Crippen LogP contribution in [0, 0.1) is 0 Å². The molecule has 1 aromatic carbocycles. The maximum absolute atomic E-state index is 11.4. The Bertz CT molecular complexity index is 466. The van der Waals surface area contributed by atoms with E-state index in [1.807, 2.05) is 0 Å². The highest BCUT2D eigenvalue weighted by atomic mass is 35.5. The van der Waals surface area contributed by atoms with Crippen LogP contribution in [0.3, 0.4) is 0 Å². The number of ether oxygens (including phenoxy) is 2. The van der Waals surface area contributed by atoms with Crippen molar-refractivity contribution < 1.29 is 19.1 Å². The van der Waals surface area contributed by atoms with E-state index >= 15 is 0 Å². The maximum Gasteiger partial charge on any atom is 0.339 e. The van der Waals surface area contributed by atoms with Gasteiger partial charge in [0.05, 0.1) is 24.8 Å². The molecule has 0 radical (unpaired) electrons. The standard InChI is InChI=1S/C12H11ClO4/c1-16-11(14)6-4-8-3-5-10(13)9(7-8)12(15)17-2/h3-7H,1-2H3. The molecular formula is C12H11ClO4. The van der Waals surface area contributed by atoms with E-state index in [9.17, 15) is 9.59 Å². The lowest BCUT2D eigenvalue weighted by atomic mass is 10.1. The first-order valence-electron chi connectivity index (χ1n) is 4.72. The Morgan fingerprint density at radius 1 is 1.24 bits per heavy atom. The summed E-state index contributed by atoms with van der Waals surface area (Å²) in [4.78, 5) is 22.3. The van der Waals surface area contributed by atoms with Crippen LogP contribution in [0.5, 0.6) is 0 Å². The molecule has 0 atom stereocenters. The SMILES string of the molecule is COC(=O)C=Cc1ccc(Cl)c(C(=O)OC)c1. The molecule has 0 aliphatic carbocycles. The molecule has 0 aromatic heterocycles. The minimum Gasteiger partial charge on any atom is -0.466 e. The second-order valence-corrected chi connectivity index (χ2v) is 3.49. The van der Waals surface area contributed by atoms with Crippen LogP contribution in [0.25, 0.3) is 6.08 Å². The highest BCUT2D eigenvalue weighted by Gasteiger charge is 2.10. The van der Waals surface area contributed by atoms with E-state index in [0.717, 1.165) is 0 Å². The number of halogens is 1. The maximum atomic E-state index is 11.4. The minimum atomic E-state index is -0.525. The minimum absolute atomic E-state index is 0.251. The lowest BCUT2D eigenvalue weighted by Gasteiger charge is -2.03. The molecule has 0 spiro atoms. The average molecular weight is 255 g/mol. The molecule has 17 heavy (non-hydrogen) atoms. The van der Waals surface area contributed by atoms with Crippen LogP contribution in [0.2, 0.25) is 5.02 Å². The van der Waals surface area contributed by atoms with E-state index in [1.54, 1.807) is 12.1 Å². The second-order valence-electron chi connectivity index (χ2n) is 3.09. The molecule has 0 N–H and O–H groups in total. The zero-order valence-corrected chi connectivity index (χ0v) is 10.2. The summed E-state index contributed by atoms with van der Waals surface area (Å²) in [5, 5.41) is 0.298. The van der Waals surface area contributed by atoms with E-state index in [0.29, 0.717) is 10.6 Å². The van der Waals surface area contributed by atoms with Gasteiger partial charge >= 0.3 is 11.9 Å². The first-order valence-corrected chi connectivity index (χ1v) is 5.10. The zero-order chi connectivity index (χ0) is 12.8. The van der Waals surface area contributed by atoms with Gasteiger partial charge in [-0.2, -0.15) is 0 Å². The molecule has 0 fully saturated rings. The fourth-order valence-corrected chi connectivity index (χ4v) is 1.34. The van der Waals surface area contributed by atoms with Gasteiger partial charge < -0.3 is 9.47 Å². The largest absolute Gasteiger partial charge is 0.466 e. The molecule has 0 aliphatic rings. The van der Waals surface area contributed by atoms with Crippen molar-refractivity contribution >= 4 is 29.6 Å². The van der Waals surface area contributed by atoms with E-state index in [-0.39, 0.29) is 5.56 Å². The Labute approximate surface area is 104 Å². The monoisotopic (exact) mass is 254 g/mol. The van der Waals surface area contributed by atoms with Gasteiger partial charge in [-0.25, -0.2) is 9.59 Å². The third kappa shape index (κ3) is 3.60. The van der Waals surface area contributed by atoms with Gasteiger partial charge in [-0.3, -0.25) is 0 Å². The van der Waals surface area contributed by atoms with Gasteiger partial charge in [-0.15, -0.1) is 0 Å². The van der Waals surface area contributed by atoms with Crippen LogP contribution in [0.1, 0.15) is 15.9 Å². The number of rotatable bonds is 3. The first kappa shape index (κ1) is 13.3. The molecule has 0 heterocycles. The van der Waals surface area contributed by atoms with Crippen LogP contribution in [-0.2, 0) is 14.3 Å². The van der Waals surface area contributed by atoms with Crippen LogP contribution in [0.4, 0.5) is 0 Å². The number of methoxy groups -OCH3 is 2. The molecule has 1 rings (SSSR count). The molecule has 0 saturated heterocycles. The smallest absolute Gasteiger partial charge is 0.339 e. The lowest BCUT2D eigenvalue weighted by Crippen LogP contribution is -2.02. The Kier molecular flexibility index (Phi) is 4.72. The first-order chi connectivity index (χ1) is 8.08. The van der Waals surface area contributed by atoms with E-state index < -0.39 is 11.9 Å². The van der Waals surface area contributed by atoms with E-state index in [1.165, 1.54) is 32.4 Å². The number of carbonyl (C=O) groups is 2. The van der Waals surface area contributed by atoms with Gasteiger partial charge in [0.25, 0.3) is 0 Å². The van der Waals surface area contributed by atoms with Crippen molar-refractivity contribution in [3.05, 3.63) is 40.4 Å². The lowest BCUT2D eigenvalue weighted by molar-refractivity contribution is -0.134. The Morgan fingerprint density at radius 3 is 2.53 bits per heavy atom. The summed E-state index contributed by atoms with van der Waals surface area (Å²) in [6.45, 7) is 0. The Morgan fingerprint density at radius 2 is 1.94 bits per heavy atom. The number of esters is 2. The molecule has 0 aliphatic heterocycles.